The van der Waals surface area contributed by atoms with Crippen LogP contribution in [0.25, 0.3) is 0 Å². The number of aliphatic hydroxyl groups is 1. The van der Waals surface area contributed by atoms with E-state index in [0.717, 1.165) is 31.9 Å². The third kappa shape index (κ3) is 2.10. The molecule has 1 fully saturated rings. The summed E-state index contributed by atoms with van der Waals surface area (Å²) in [6, 6.07) is 0. The van der Waals surface area contributed by atoms with Crippen molar-refractivity contribution in [3.8, 4) is 0 Å². The number of H-pyrrole nitrogens is 1. The second kappa shape index (κ2) is 4.06. The van der Waals surface area contributed by atoms with E-state index in [1.54, 1.807) is 0 Å². The largest absolute Gasteiger partial charge is 0.392 e. The topological polar surface area (TPSA) is 65.0 Å². The Morgan fingerprint density at radius 1 is 1.71 bits per heavy atom. The quantitative estimate of drug-likeness (QED) is 0.699. The van der Waals surface area contributed by atoms with Gasteiger partial charge in [-0.1, -0.05) is 6.92 Å². The van der Waals surface area contributed by atoms with Gasteiger partial charge in [-0.05, 0) is 18.9 Å². The van der Waals surface area contributed by atoms with Gasteiger partial charge in [0, 0.05) is 6.54 Å². The number of piperidine rings is 1. The molecule has 1 aliphatic rings. The number of nitrogens with one attached hydrogen (secondary N) is 1. The molecule has 0 spiro atoms. The number of aromatic amines is 1. The fraction of sp³-hybridized carbons (Fsp3) is 0.778. The summed E-state index contributed by atoms with van der Waals surface area (Å²) in [7, 11) is 0. The van der Waals surface area contributed by atoms with E-state index in [9.17, 15) is 5.11 Å². The highest BCUT2D eigenvalue weighted by Gasteiger charge is 2.24. The molecule has 0 saturated carbocycles. The number of likely N-dealkylation sites (tertiary alicyclic amines) is 1. The minimum absolute atomic E-state index is 0.202. The minimum atomic E-state index is -0.202. The molecule has 0 aliphatic carbocycles. The molecule has 0 amide bonds. The van der Waals surface area contributed by atoms with Gasteiger partial charge in [0.15, 0.2) is 0 Å². The lowest BCUT2D eigenvalue weighted by molar-refractivity contribution is 0.0249. The van der Waals surface area contributed by atoms with Gasteiger partial charge in [0.25, 0.3) is 0 Å². The molecule has 1 saturated heterocycles. The van der Waals surface area contributed by atoms with Gasteiger partial charge in [-0.3, -0.25) is 10.00 Å². The van der Waals surface area contributed by atoms with E-state index in [1.165, 1.54) is 6.33 Å². The number of aromatic nitrogens is 3. The maximum absolute atomic E-state index is 9.69. The van der Waals surface area contributed by atoms with Gasteiger partial charge in [-0.2, -0.15) is 5.10 Å². The Balaban J connectivity index is 1.88. The molecule has 14 heavy (non-hydrogen) atoms. The highest BCUT2D eigenvalue weighted by Crippen LogP contribution is 2.17. The first-order valence-electron chi connectivity index (χ1n) is 5.00. The zero-order valence-corrected chi connectivity index (χ0v) is 8.35. The molecule has 0 aromatic carbocycles. The number of nitrogens with zero attached hydrogens (tertiary/aromatic N) is 3. The number of aliphatic hydroxyl groups excluding tert-OH is 1. The summed E-state index contributed by atoms with van der Waals surface area (Å²) in [5.41, 5.74) is 0. The molecule has 5 heteroatoms. The smallest absolute Gasteiger partial charge is 0.138 e. The summed E-state index contributed by atoms with van der Waals surface area (Å²) in [4.78, 5) is 6.26. The zero-order valence-electron chi connectivity index (χ0n) is 8.35. The Bertz CT molecular complexity index is 274. The number of rotatable bonds is 2. The van der Waals surface area contributed by atoms with Crippen molar-refractivity contribution in [3.63, 3.8) is 0 Å². The average molecular weight is 196 g/mol. The van der Waals surface area contributed by atoms with Crippen LogP contribution in [-0.2, 0) is 6.54 Å². The monoisotopic (exact) mass is 196 g/mol. The van der Waals surface area contributed by atoms with E-state index in [2.05, 4.69) is 27.0 Å². The van der Waals surface area contributed by atoms with Crippen molar-refractivity contribution in [2.75, 3.05) is 13.1 Å². The standard InChI is InChI=1S/C9H16N4O/c1-7-2-3-13(4-8(7)14)5-9-10-6-11-12-9/h6-8,14H,2-5H2,1H3,(H,10,11,12). The van der Waals surface area contributed by atoms with Crippen molar-refractivity contribution in [2.45, 2.75) is 26.0 Å². The maximum atomic E-state index is 9.69. The molecule has 2 atom stereocenters. The van der Waals surface area contributed by atoms with Crippen LogP contribution in [0.1, 0.15) is 19.2 Å². The van der Waals surface area contributed by atoms with Crippen LogP contribution in [0.4, 0.5) is 0 Å². The Hall–Kier alpha value is -0.940. The van der Waals surface area contributed by atoms with Gasteiger partial charge in [0.05, 0.1) is 12.6 Å². The fourth-order valence-electron chi connectivity index (χ4n) is 1.78. The van der Waals surface area contributed by atoms with Gasteiger partial charge in [0.2, 0.25) is 0 Å². The average Bonchev–Trinajstić information content (AvgIpc) is 2.64. The Morgan fingerprint density at radius 2 is 2.57 bits per heavy atom. The molecule has 78 valence electrons. The molecule has 0 radical (unpaired) electrons. The van der Waals surface area contributed by atoms with Crippen LogP contribution in [-0.4, -0.2) is 44.4 Å². The van der Waals surface area contributed by atoms with E-state index in [0.29, 0.717) is 5.92 Å². The Kier molecular flexibility index (Phi) is 2.79. The molecule has 5 nitrogen and oxygen atoms in total. The molecular formula is C9H16N4O. The van der Waals surface area contributed by atoms with Gasteiger partial charge in [-0.25, -0.2) is 4.98 Å². The van der Waals surface area contributed by atoms with Crippen molar-refractivity contribution in [1.82, 2.24) is 20.1 Å². The van der Waals surface area contributed by atoms with Crippen LogP contribution in [0.2, 0.25) is 0 Å². The molecule has 1 aromatic heterocycles. The van der Waals surface area contributed by atoms with Crippen LogP contribution in [0, 0.1) is 5.92 Å². The molecule has 1 aliphatic heterocycles. The zero-order chi connectivity index (χ0) is 9.97. The predicted molar refractivity (Wildman–Crippen MR) is 51.4 cm³/mol. The van der Waals surface area contributed by atoms with Gasteiger partial charge in [-0.15, -0.1) is 0 Å². The van der Waals surface area contributed by atoms with Crippen LogP contribution in [0.5, 0.6) is 0 Å². The summed E-state index contributed by atoms with van der Waals surface area (Å²) in [6.07, 6.45) is 2.36. The van der Waals surface area contributed by atoms with Crippen LogP contribution in [0.15, 0.2) is 6.33 Å². The van der Waals surface area contributed by atoms with Crippen molar-refractivity contribution in [3.05, 3.63) is 12.2 Å². The normalized spacial score (nSPS) is 29.3. The molecule has 2 rings (SSSR count). The van der Waals surface area contributed by atoms with Crippen molar-refractivity contribution >= 4 is 0 Å². The molecule has 2 heterocycles. The van der Waals surface area contributed by atoms with Crippen LogP contribution in [0.3, 0.4) is 0 Å². The second-order valence-corrected chi connectivity index (χ2v) is 4.00. The lowest BCUT2D eigenvalue weighted by Crippen LogP contribution is -2.42. The maximum Gasteiger partial charge on any atom is 0.138 e. The van der Waals surface area contributed by atoms with Crippen molar-refractivity contribution in [1.29, 1.82) is 0 Å². The molecule has 2 N–H and O–H groups in total. The van der Waals surface area contributed by atoms with Crippen molar-refractivity contribution < 1.29 is 5.11 Å². The first-order chi connectivity index (χ1) is 6.75. The van der Waals surface area contributed by atoms with Crippen molar-refractivity contribution in [2.24, 2.45) is 5.92 Å². The van der Waals surface area contributed by atoms with Gasteiger partial charge >= 0.3 is 0 Å². The lowest BCUT2D eigenvalue weighted by Gasteiger charge is -2.33. The van der Waals surface area contributed by atoms with E-state index in [1.807, 2.05) is 0 Å². The SMILES string of the molecule is CC1CCN(Cc2ncn[nH]2)CC1O. The first kappa shape index (κ1) is 9.61. The first-order valence-corrected chi connectivity index (χ1v) is 5.00. The number of β-amino-alcohol motifs (C(OH)–C–C–N with tert-alkyl or cyclic N) is 1. The highest BCUT2D eigenvalue weighted by molar-refractivity contribution is 4.84. The second-order valence-electron chi connectivity index (χ2n) is 4.00. The predicted octanol–water partition coefficient (Wildman–Crippen LogP) is 0.00740. The lowest BCUT2D eigenvalue weighted by atomic mass is 9.96. The minimum Gasteiger partial charge on any atom is -0.392 e. The molecule has 0 bridgehead atoms. The Morgan fingerprint density at radius 3 is 3.21 bits per heavy atom. The van der Waals surface area contributed by atoms with Gasteiger partial charge < -0.3 is 5.11 Å². The van der Waals surface area contributed by atoms with Crippen LogP contribution >= 0.6 is 0 Å². The Labute approximate surface area is 83.2 Å². The summed E-state index contributed by atoms with van der Waals surface area (Å²) in [6.45, 7) is 4.61. The molecular weight excluding hydrogens is 180 g/mol. The van der Waals surface area contributed by atoms with E-state index in [-0.39, 0.29) is 6.10 Å². The van der Waals surface area contributed by atoms with E-state index < -0.39 is 0 Å². The van der Waals surface area contributed by atoms with E-state index >= 15 is 0 Å². The number of hydrogen-bond donors (Lipinski definition) is 2. The fourth-order valence-corrected chi connectivity index (χ4v) is 1.78. The van der Waals surface area contributed by atoms with Gasteiger partial charge in [0.1, 0.15) is 12.2 Å². The summed E-state index contributed by atoms with van der Waals surface area (Å²) in [5.74, 6) is 1.28. The summed E-state index contributed by atoms with van der Waals surface area (Å²) >= 11 is 0. The third-order valence-electron chi connectivity index (χ3n) is 2.84. The summed E-state index contributed by atoms with van der Waals surface area (Å²) < 4.78 is 0. The highest BCUT2D eigenvalue weighted by atomic mass is 16.3. The third-order valence-corrected chi connectivity index (χ3v) is 2.84. The van der Waals surface area contributed by atoms with Crippen LogP contribution < -0.4 is 0 Å². The molecule has 2 unspecified atom stereocenters. The number of hydrogen-bond acceptors (Lipinski definition) is 4. The van der Waals surface area contributed by atoms with E-state index in [4.69, 9.17) is 0 Å². The summed E-state index contributed by atoms with van der Waals surface area (Å²) in [5, 5.41) is 16.3. The molecule has 1 aromatic rings.